The number of aromatic amines is 1. The molecule has 1 aromatic heterocycles. The molecule has 108 valence electrons. The van der Waals surface area contributed by atoms with Crippen molar-refractivity contribution in [2.45, 2.75) is 16.2 Å². The summed E-state index contributed by atoms with van der Waals surface area (Å²) in [7, 11) is 1.95. The van der Waals surface area contributed by atoms with Crippen LogP contribution in [0.15, 0.2) is 58.5 Å². The molecule has 0 aliphatic carbocycles. The Kier molecular flexibility index (Phi) is 4.27. The number of nitrogens with one attached hydrogen (secondary N) is 2. The van der Waals surface area contributed by atoms with Gasteiger partial charge in [-0.2, -0.15) is 0 Å². The van der Waals surface area contributed by atoms with E-state index in [1.807, 2.05) is 31.4 Å². The van der Waals surface area contributed by atoms with Crippen LogP contribution in [0, 0.1) is 5.82 Å². The largest absolute Gasteiger partial charge is 0.360 e. The summed E-state index contributed by atoms with van der Waals surface area (Å²) in [6.45, 7) is 0.930. The number of fused-ring (bicyclic) bond motifs is 1. The van der Waals surface area contributed by atoms with Crippen molar-refractivity contribution in [1.29, 1.82) is 0 Å². The van der Waals surface area contributed by atoms with E-state index in [1.165, 1.54) is 16.5 Å². The van der Waals surface area contributed by atoms with Crippen molar-refractivity contribution in [1.82, 2.24) is 10.3 Å². The molecule has 0 saturated heterocycles. The van der Waals surface area contributed by atoms with E-state index in [1.54, 1.807) is 17.8 Å². The fourth-order valence-electron chi connectivity index (χ4n) is 2.38. The molecule has 0 aliphatic rings. The maximum Gasteiger partial charge on any atom is 0.133 e. The fraction of sp³-hybridized carbons (Fsp3) is 0.176. The number of hydrogen-bond acceptors (Lipinski definition) is 2. The van der Waals surface area contributed by atoms with E-state index >= 15 is 0 Å². The molecule has 0 amide bonds. The third-order valence-electron chi connectivity index (χ3n) is 3.46. The minimum Gasteiger partial charge on any atom is -0.360 e. The Morgan fingerprint density at radius 3 is 2.81 bits per heavy atom. The molecule has 0 saturated carbocycles. The lowest BCUT2D eigenvalue weighted by Crippen LogP contribution is -2.10. The Hall–Kier alpha value is -1.78. The maximum absolute atomic E-state index is 14.0. The van der Waals surface area contributed by atoms with Crippen molar-refractivity contribution in [2.75, 3.05) is 13.6 Å². The lowest BCUT2D eigenvalue weighted by atomic mass is 10.1. The molecule has 1 heterocycles. The highest BCUT2D eigenvalue weighted by atomic mass is 32.2. The molecule has 0 fully saturated rings. The molecular formula is C17H17FN2S. The zero-order chi connectivity index (χ0) is 14.7. The van der Waals surface area contributed by atoms with E-state index < -0.39 is 0 Å². The molecule has 21 heavy (non-hydrogen) atoms. The predicted octanol–water partition coefficient (Wildman–Crippen LogP) is 4.22. The van der Waals surface area contributed by atoms with E-state index in [-0.39, 0.29) is 5.82 Å². The monoisotopic (exact) mass is 300 g/mol. The lowest BCUT2D eigenvalue weighted by Gasteiger charge is -2.08. The van der Waals surface area contributed by atoms with E-state index in [0.717, 1.165) is 23.4 Å². The Morgan fingerprint density at radius 2 is 1.95 bits per heavy atom. The zero-order valence-corrected chi connectivity index (χ0v) is 12.6. The predicted molar refractivity (Wildman–Crippen MR) is 86.5 cm³/mol. The van der Waals surface area contributed by atoms with Crippen molar-refractivity contribution >= 4 is 22.7 Å². The number of H-pyrrole nitrogens is 1. The van der Waals surface area contributed by atoms with Crippen molar-refractivity contribution in [3.8, 4) is 0 Å². The highest BCUT2D eigenvalue weighted by molar-refractivity contribution is 7.99. The van der Waals surface area contributed by atoms with Crippen LogP contribution in [0.25, 0.3) is 10.9 Å². The summed E-state index contributed by atoms with van der Waals surface area (Å²) in [5.41, 5.74) is 2.12. The standard InChI is InChI=1S/C17H17FN2S/c1-19-10-9-12-5-2-3-8-15(12)21-16-11-20-14-7-4-6-13(18)17(14)16/h2-8,11,19-20H,9-10H2,1H3. The van der Waals surface area contributed by atoms with Gasteiger partial charge in [0.15, 0.2) is 0 Å². The van der Waals surface area contributed by atoms with Gasteiger partial charge in [0.2, 0.25) is 0 Å². The van der Waals surface area contributed by atoms with Crippen LogP contribution in [0.3, 0.4) is 0 Å². The molecule has 4 heteroatoms. The minimum atomic E-state index is -0.177. The third kappa shape index (κ3) is 2.96. The molecule has 0 radical (unpaired) electrons. The summed E-state index contributed by atoms with van der Waals surface area (Å²) in [5, 5.41) is 3.84. The van der Waals surface area contributed by atoms with Gasteiger partial charge in [-0.3, -0.25) is 0 Å². The van der Waals surface area contributed by atoms with Crippen LogP contribution in [0.5, 0.6) is 0 Å². The molecule has 2 aromatic carbocycles. The van der Waals surface area contributed by atoms with Crippen molar-refractivity contribution in [2.24, 2.45) is 0 Å². The van der Waals surface area contributed by atoms with Gasteiger partial charge < -0.3 is 10.3 Å². The quantitative estimate of drug-likeness (QED) is 0.738. The van der Waals surface area contributed by atoms with Crippen LogP contribution >= 0.6 is 11.8 Å². The van der Waals surface area contributed by atoms with Gasteiger partial charge in [0.25, 0.3) is 0 Å². The number of halogens is 1. The topological polar surface area (TPSA) is 27.8 Å². The first-order chi connectivity index (χ1) is 10.3. The second-order valence-electron chi connectivity index (χ2n) is 4.88. The average molecular weight is 300 g/mol. The molecule has 0 aliphatic heterocycles. The first-order valence-electron chi connectivity index (χ1n) is 6.95. The summed E-state index contributed by atoms with van der Waals surface area (Å²) in [6.07, 6.45) is 2.85. The van der Waals surface area contributed by atoms with Crippen LogP contribution in [0.1, 0.15) is 5.56 Å². The van der Waals surface area contributed by atoms with E-state index in [0.29, 0.717) is 5.39 Å². The second kappa shape index (κ2) is 6.33. The van der Waals surface area contributed by atoms with E-state index in [4.69, 9.17) is 0 Å². The molecular weight excluding hydrogens is 283 g/mol. The molecule has 2 N–H and O–H groups in total. The number of hydrogen-bond donors (Lipinski definition) is 2. The van der Waals surface area contributed by atoms with Crippen molar-refractivity contribution < 1.29 is 4.39 Å². The van der Waals surface area contributed by atoms with Crippen LogP contribution < -0.4 is 5.32 Å². The maximum atomic E-state index is 14.0. The SMILES string of the molecule is CNCCc1ccccc1Sc1c[nH]c2cccc(F)c12. The van der Waals surface area contributed by atoms with E-state index in [2.05, 4.69) is 22.4 Å². The van der Waals surface area contributed by atoms with Crippen LogP contribution in [0.2, 0.25) is 0 Å². The molecule has 0 bridgehead atoms. The Balaban J connectivity index is 1.95. The van der Waals surface area contributed by atoms with Crippen LogP contribution in [-0.4, -0.2) is 18.6 Å². The Labute approximate surface area is 127 Å². The van der Waals surface area contributed by atoms with Crippen LogP contribution in [-0.2, 0) is 6.42 Å². The van der Waals surface area contributed by atoms with Gasteiger partial charge in [-0.1, -0.05) is 36.0 Å². The van der Waals surface area contributed by atoms with Gasteiger partial charge in [-0.05, 0) is 43.8 Å². The fourth-order valence-corrected chi connectivity index (χ4v) is 3.49. The van der Waals surface area contributed by atoms with Gasteiger partial charge in [0.1, 0.15) is 5.82 Å². The van der Waals surface area contributed by atoms with Gasteiger partial charge >= 0.3 is 0 Å². The number of rotatable bonds is 5. The highest BCUT2D eigenvalue weighted by Crippen LogP contribution is 2.36. The highest BCUT2D eigenvalue weighted by Gasteiger charge is 2.11. The van der Waals surface area contributed by atoms with Gasteiger partial charge in [-0.25, -0.2) is 4.39 Å². The normalized spacial score (nSPS) is 11.1. The first-order valence-corrected chi connectivity index (χ1v) is 7.77. The van der Waals surface area contributed by atoms with Crippen molar-refractivity contribution in [3.05, 3.63) is 60.0 Å². The molecule has 0 unspecified atom stereocenters. The summed E-state index contributed by atoms with van der Waals surface area (Å²) < 4.78 is 14.0. The molecule has 3 aromatic rings. The first kappa shape index (κ1) is 14.2. The zero-order valence-electron chi connectivity index (χ0n) is 11.8. The molecule has 0 spiro atoms. The number of benzene rings is 2. The number of likely N-dealkylation sites (N-methyl/N-ethyl adjacent to an activating group) is 1. The molecule has 0 atom stereocenters. The Morgan fingerprint density at radius 1 is 1.10 bits per heavy atom. The summed E-state index contributed by atoms with van der Waals surface area (Å²) >= 11 is 1.62. The third-order valence-corrected chi connectivity index (χ3v) is 4.62. The number of aromatic nitrogens is 1. The second-order valence-corrected chi connectivity index (χ2v) is 5.96. The smallest absolute Gasteiger partial charge is 0.133 e. The lowest BCUT2D eigenvalue weighted by molar-refractivity contribution is 0.638. The van der Waals surface area contributed by atoms with Gasteiger partial charge in [0.05, 0.1) is 0 Å². The summed E-state index contributed by atoms with van der Waals surface area (Å²) in [6, 6.07) is 13.4. The molecule has 2 nitrogen and oxygen atoms in total. The average Bonchev–Trinajstić information content (AvgIpc) is 2.91. The van der Waals surface area contributed by atoms with E-state index in [9.17, 15) is 4.39 Å². The summed E-state index contributed by atoms with van der Waals surface area (Å²) in [5.74, 6) is -0.177. The van der Waals surface area contributed by atoms with Gasteiger partial charge in [0, 0.05) is 26.9 Å². The molecule has 3 rings (SSSR count). The Bertz CT molecular complexity index is 751. The van der Waals surface area contributed by atoms with Crippen molar-refractivity contribution in [3.63, 3.8) is 0 Å². The summed E-state index contributed by atoms with van der Waals surface area (Å²) in [4.78, 5) is 5.25. The minimum absolute atomic E-state index is 0.177. The van der Waals surface area contributed by atoms with Gasteiger partial charge in [-0.15, -0.1) is 0 Å². The van der Waals surface area contributed by atoms with Crippen LogP contribution in [0.4, 0.5) is 4.39 Å².